The maximum absolute atomic E-state index is 12.8. The summed E-state index contributed by atoms with van der Waals surface area (Å²) in [5.41, 5.74) is 3.48. The van der Waals surface area contributed by atoms with Gasteiger partial charge in [0.2, 0.25) is 11.6 Å². The molecule has 1 aromatic carbocycles. The molecule has 1 fully saturated rings. The first-order chi connectivity index (χ1) is 15.4. The van der Waals surface area contributed by atoms with Gasteiger partial charge in [-0.1, -0.05) is 18.8 Å². The minimum atomic E-state index is -0.0408. The van der Waals surface area contributed by atoms with Crippen molar-refractivity contribution in [2.75, 3.05) is 36.4 Å². The van der Waals surface area contributed by atoms with Crippen LogP contribution in [0.1, 0.15) is 39.7 Å². The van der Waals surface area contributed by atoms with E-state index in [9.17, 15) is 9.59 Å². The summed E-state index contributed by atoms with van der Waals surface area (Å²) in [6.45, 7) is 8.98. The van der Waals surface area contributed by atoms with Crippen molar-refractivity contribution < 1.29 is 9.78 Å². The molecule has 1 aliphatic rings. The van der Waals surface area contributed by atoms with Crippen LogP contribution in [0.5, 0.6) is 0 Å². The first-order valence-electron chi connectivity index (χ1n) is 11.3. The highest BCUT2D eigenvalue weighted by molar-refractivity contribution is 5.74. The minimum Gasteiger partial charge on any atom is -0.368 e. The normalized spacial score (nSPS) is 14.4. The molecule has 3 aromatic rings. The number of aromatic amines is 1. The van der Waals surface area contributed by atoms with E-state index in [-0.39, 0.29) is 17.6 Å². The van der Waals surface area contributed by atoms with E-state index < -0.39 is 0 Å². The van der Waals surface area contributed by atoms with Crippen LogP contribution in [0.25, 0.3) is 11.2 Å². The Bertz CT molecular complexity index is 1150. The number of hydrogen-bond acceptors (Lipinski definition) is 5. The van der Waals surface area contributed by atoms with Gasteiger partial charge in [0.1, 0.15) is 5.52 Å². The van der Waals surface area contributed by atoms with Crippen molar-refractivity contribution in [1.29, 1.82) is 0 Å². The number of piperazine rings is 1. The molecule has 9 nitrogen and oxygen atoms in total. The molecule has 170 valence electrons. The summed E-state index contributed by atoms with van der Waals surface area (Å²) < 4.78 is 3.44. The molecule has 4 rings (SSSR count). The number of benzene rings is 1. The van der Waals surface area contributed by atoms with Crippen molar-refractivity contribution in [3.8, 4) is 0 Å². The molecule has 2 aromatic heterocycles. The lowest BCUT2D eigenvalue weighted by Crippen LogP contribution is -2.48. The highest BCUT2D eigenvalue weighted by Gasteiger charge is 2.23. The van der Waals surface area contributed by atoms with Gasteiger partial charge in [0, 0.05) is 51.9 Å². The Morgan fingerprint density at radius 2 is 1.78 bits per heavy atom. The summed E-state index contributed by atoms with van der Waals surface area (Å²) in [4.78, 5) is 36.4. The highest BCUT2D eigenvalue weighted by atomic mass is 16.2. The number of anilines is 3. The fourth-order valence-electron chi connectivity index (χ4n) is 4.39. The first kappa shape index (κ1) is 21.9. The first-order valence-corrected chi connectivity index (χ1v) is 11.3. The van der Waals surface area contributed by atoms with Gasteiger partial charge >= 0.3 is 11.6 Å². The molecule has 0 bridgehead atoms. The molecule has 3 heterocycles. The number of nitrogens with zero attached hydrogens (tertiary/aromatic N) is 5. The van der Waals surface area contributed by atoms with Gasteiger partial charge in [-0.05, 0) is 37.1 Å². The van der Waals surface area contributed by atoms with Crippen molar-refractivity contribution in [1.82, 2.24) is 19.0 Å². The molecule has 0 unspecified atom stereocenters. The molecule has 0 atom stereocenters. The summed E-state index contributed by atoms with van der Waals surface area (Å²) in [5, 5.41) is 3.32. The van der Waals surface area contributed by atoms with Crippen LogP contribution in [0, 0.1) is 0 Å². The third-order valence-corrected chi connectivity index (χ3v) is 6.40. The third kappa shape index (κ3) is 4.06. The zero-order chi connectivity index (χ0) is 22.8. The lowest BCUT2D eigenvalue weighted by Gasteiger charge is -2.35. The second kappa shape index (κ2) is 9.02. The molecule has 1 amide bonds. The lowest BCUT2D eigenvalue weighted by atomic mass is 10.2. The van der Waals surface area contributed by atoms with Crippen LogP contribution in [-0.2, 0) is 11.8 Å². The number of amides is 1. The number of hydrogen-bond donors (Lipinski definition) is 1. The number of fused-ring (bicyclic) bond motifs is 1. The number of imidazole rings is 1. The topological polar surface area (TPSA) is 89.5 Å². The number of rotatable bonds is 6. The van der Waals surface area contributed by atoms with Gasteiger partial charge in [-0.3, -0.25) is 13.9 Å². The summed E-state index contributed by atoms with van der Waals surface area (Å²) >= 11 is 0. The van der Waals surface area contributed by atoms with Gasteiger partial charge in [0.05, 0.1) is 11.9 Å². The quantitative estimate of drug-likeness (QED) is 0.638. The number of nitrogens with one attached hydrogen (secondary N) is 2. The van der Waals surface area contributed by atoms with Crippen LogP contribution < -0.4 is 20.9 Å². The second-order valence-corrected chi connectivity index (χ2v) is 8.30. The minimum absolute atomic E-state index is 0.0408. The van der Waals surface area contributed by atoms with Crippen LogP contribution in [0.3, 0.4) is 0 Å². The van der Waals surface area contributed by atoms with E-state index in [4.69, 9.17) is 4.98 Å². The van der Waals surface area contributed by atoms with E-state index in [1.807, 2.05) is 23.2 Å². The number of carbonyl (C=O) groups is 1. The largest absolute Gasteiger partial charge is 0.396 e. The van der Waals surface area contributed by atoms with E-state index in [2.05, 4.69) is 41.2 Å². The second-order valence-electron chi connectivity index (χ2n) is 8.30. The van der Waals surface area contributed by atoms with E-state index >= 15 is 0 Å². The standard InChI is InChI=1S/C23H31N7O2/c1-5-18(6-2)30-21-20(27(4)23(30)32)15-24-22(26-21)25-17-7-9-19(10-8-17)29-13-11-28(12-14-29)16(3)31/h7-10,15,18H,5-6,11-14H2,1-4H3,(H,24,25,26)/p+1. The molecule has 9 heteroatoms. The van der Waals surface area contributed by atoms with Crippen LogP contribution in [0.15, 0.2) is 35.3 Å². The summed E-state index contributed by atoms with van der Waals surface area (Å²) in [6, 6.07) is 8.31. The molecule has 0 spiro atoms. The van der Waals surface area contributed by atoms with Crippen LogP contribution >= 0.6 is 0 Å². The lowest BCUT2D eigenvalue weighted by molar-refractivity contribution is -0.362. The average molecular weight is 439 g/mol. The smallest absolute Gasteiger partial charge is 0.368 e. The zero-order valence-electron chi connectivity index (χ0n) is 19.3. The SMILES string of the molecule is CCC(CC)n1c(=O)n(C)c2c[nH+]c(Nc3ccc(N4CCN(C(C)=O)CC4)cc3)nc21. The maximum atomic E-state index is 12.8. The Balaban J connectivity index is 1.53. The molecule has 0 radical (unpaired) electrons. The van der Waals surface area contributed by atoms with Gasteiger partial charge in [-0.25, -0.2) is 15.1 Å². The Labute approximate surface area is 187 Å². The summed E-state index contributed by atoms with van der Waals surface area (Å²) in [7, 11) is 1.78. The zero-order valence-corrected chi connectivity index (χ0v) is 19.3. The molecule has 1 saturated heterocycles. The van der Waals surface area contributed by atoms with Gasteiger partial charge < -0.3 is 9.80 Å². The fraction of sp³-hybridized carbons (Fsp3) is 0.478. The Morgan fingerprint density at radius 1 is 1.12 bits per heavy atom. The number of carbonyl (C=O) groups excluding carboxylic acids is 1. The highest BCUT2D eigenvalue weighted by Crippen LogP contribution is 2.23. The predicted octanol–water partition coefficient (Wildman–Crippen LogP) is 2.32. The van der Waals surface area contributed by atoms with Crippen LogP contribution in [0.2, 0.25) is 0 Å². The summed E-state index contributed by atoms with van der Waals surface area (Å²) in [5.74, 6) is 0.726. The van der Waals surface area contributed by atoms with Gasteiger partial charge in [0.15, 0.2) is 0 Å². The van der Waals surface area contributed by atoms with Crippen molar-refractivity contribution in [3.63, 3.8) is 0 Å². The van der Waals surface area contributed by atoms with Crippen molar-refractivity contribution >= 4 is 34.4 Å². The Kier molecular flexibility index (Phi) is 6.16. The van der Waals surface area contributed by atoms with Crippen molar-refractivity contribution in [2.24, 2.45) is 7.05 Å². The van der Waals surface area contributed by atoms with E-state index in [1.54, 1.807) is 23.1 Å². The molecule has 0 aliphatic carbocycles. The molecule has 0 saturated carbocycles. The van der Waals surface area contributed by atoms with Gasteiger partial charge in [-0.2, -0.15) is 0 Å². The van der Waals surface area contributed by atoms with E-state index in [1.165, 1.54) is 0 Å². The molecule has 2 N–H and O–H groups in total. The molecular weight excluding hydrogens is 406 g/mol. The van der Waals surface area contributed by atoms with Gasteiger partial charge in [-0.15, -0.1) is 0 Å². The van der Waals surface area contributed by atoms with Gasteiger partial charge in [0.25, 0.3) is 0 Å². The van der Waals surface area contributed by atoms with Crippen LogP contribution in [0.4, 0.5) is 17.3 Å². The predicted molar refractivity (Wildman–Crippen MR) is 125 cm³/mol. The van der Waals surface area contributed by atoms with Crippen LogP contribution in [-0.4, -0.2) is 51.1 Å². The monoisotopic (exact) mass is 438 g/mol. The van der Waals surface area contributed by atoms with E-state index in [0.29, 0.717) is 11.6 Å². The Morgan fingerprint density at radius 3 is 2.38 bits per heavy atom. The third-order valence-electron chi connectivity index (χ3n) is 6.40. The number of H-pyrrole nitrogens is 1. The van der Waals surface area contributed by atoms with Crippen molar-refractivity contribution in [3.05, 3.63) is 40.9 Å². The molecule has 32 heavy (non-hydrogen) atoms. The Hall–Kier alpha value is -3.36. The molecular formula is C23H32N7O2+. The van der Waals surface area contributed by atoms with Crippen molar-refractivity contribution in [2.45, 2.75) is 39.7 Å². The fourth-order valence-corrected chi connectivity index (χ4v) is 4.39. The number of aryl methyl sites for hydroxylation is 1. The maximum Gasteiger partial charge on any atom is 0.396 e. The van der Waals surface area contributed by atoms with E-state index in [0.717, 1.165) is 55.9 Å². The average Bonchev–Trinajstić information content (AvgIpc) is 3.05. The number of aromatic nitrogens is 4. The molecule has 1 aliphatic heterocycles. The summed E-state index contributed by atoms with van der Waals surface area (Å²) in [6.07, 6.45) is 3.58.